The Morgan fingerprint density at radius 3 is 2.54 bits per heavy atom. The number of carbonyl (C=O) groups excluding carboxylic acids is 2. The number of nitrogens with zero attached hydrogens (tertiary/aromatic N) is 1. The van der Waals surface area contributed by atoms with E-state index < -0.39 is 0 Å². The molecule has 1 saturated heterocycles. The third-order valence-electron chi connectivity index (χ3n) is 5.53. The lowest BCUT2D eigenvalue weighted by Crippen LogP contribution is -2.39. The third kappa shape index (κ3) is 3.64. The van der Waals surface area contributed by atoms with Crippen molar-refractivity contribution >= 4 is 17.5 Å². The van der Waals surface area contributed by atoms with Gasteiger partial charge in [-0.3, -0.25) is 9.59 Å². The molecule has 1 atom stereocenters. The highest BCUT2D eigenvalue weighted by Crippen LogP contribution is 2.36. The van der Waals surface area contributed by atoms with E-state index in [0.717, 1.165) is 18.5 Å². The van der Waals surface area contributed by atoms with Crippen LogP contribution in [-0.4, -0.2) is 37.6 Å². The average molecular weight is 358 g/mol. The van der Waals surface area contributed by atoms with Gasteiger partial charge in [-0.15, -0.1) is 0 Å². The molecule has 26 heavy (non-hydrogen) atoms. The summed E-state index contributed by atoms with van der Waals surface area (Å²) in [5, 5.41) is 3.18. The highest BCUT2D eigenvalue weighted by atomic mass is 16.6. The molecule has 1 aromatic carbocycles. The largest absolute Gasteiger partial charge is 0.486 e. The van der Waals surface area contributed by atoms with Crippen LogP contribution in [0.15, 0.2) is 18.2 Å². The van der Waals surface area contributed by atoms with Gasteiger partial charge in [0.2, 0.25) is 11.8 Å². The van der Waals surface area contributed by atoms with Gasteiger partial charge in [0.15, 0.2) is 11.5 Å². The van der Waals surface area contributed by atoms with Gasteiger partial charge in [0.05, 0.1) is 5.92 Å². The molecule has 6 nitrogen and oxygen atoms in total. The summed E-state index contributed by atoms with van der Waals surface area (Å²) in [4.78, 5) is 26.8. The molecule has 4 rings (SSSR count). The van der Waals surface area contributed by atoms with Gasteiger partial charge >= 0.3 is 0 Å². The van der Waals surface area contributed by atoms with Crippen molar-refractivity contribution in [3.63, 3.8) is 0 Å². The van der Waals surface area contributed by atoms with Gasteiger partial charge in [-0.05, 0) is 25.0 Å². The fraction of sp³-hybridized carbons (Fsp3) is 0.600. The van der Waals surface area contributed by atoms with Gasteiger partial charge < -0.3 is 19.7 Å². The molecular formula is C20H26N2O4. The fourth-order valence-electron chi connectivity index (χ4n) is 4.08. The molecule has 2 heterocycles. The van der Waals surface area contributed by atoms with E-state index in [-0.39, 0.29) is 30.2 Å². The summed E-state index contributed by atoms with van der Waals surface area (Å²) in [7, 11) is 0. The SMILES string of the molecule is O=C(NC1CCCCCC1)[C@H]1CC(=O)N(c2ccc3c(c2)OCCO3)C1. The van der Waals surface area contributed by atoms with Crippen LogP contribution in [0.5, 0.6) is 11.5 Å². The standard InChI is InChI=1S/C20H26N2O4/c23-19-11-14(20(24)21-15-5-3-1-2-4-6-15)13-22(19)16-7-8-17-18(12-16)26-10-9-25-17/h7-8,12,14-15H,1-6,9-11,13H2,(H,21,24)/t14-/m0/s1. The molecule has 1 aliphatic carbocycles. The lowest BCUT2D eigenvalue weighted by atomic mass is 10.0. The van der Waals surface area contributed by atoms with Gasteiger partial charge in [-0.1, -0.05) is 25.7 Å². The molecule has 0 radical (unpaired) electrons. The highest BCUT2D eigenvalue weighted by Gasteiger charge is 2.36. The zero-order valence-corrected chi connectivity index (χ0v) is 15.0. The van der Waals surface area contributed by atoms with E-state index in [1.165, 1.54) is 25.7 Å². The molecule has 1 N–H and O–H groups in total. The quantitative estimate of drug-likeness (QED) is 0.844. The zero-order valence-electron chi connectivity index (χ0n) is 15.0. The maximum absolute atomic E-state index is 12.6. The number of amides is 2. The molecule has 2 aliphatic heterocycles. The number of anilines is 1. The average Bonchev–Trinajstić information content (AvgIpc) is 2.87. The summed E-state index contributed by atoms with van der Waals surface area (Å²) in [6.45, 7) is 1.48. The van der Waals surface area contributed by atoms with Crippen LogP contribution in [0.4, 0.5) is 5.69 Å². The lowest BCUT2D eigenvalue weighted by molar-refractivity contribution is -0.127. The van der Waals surface area contributed by atoms with Crippen LogP contribution in [0.2, 0.25) is 0 Å². The minimum absolute atomic E-state index is 0.0114. The normalized spacial score (nSPS) is 23.6. The molecular weight excluding hydrogens is 332 g/mol. The molecule has 140 valence electrons. The first-order valence-corrected chi connectivity index (χ1v) is 9.71. The van der Waals surface area contributed by atoms with Crippen molar-refractivity contribution in [3.05, 3.63) is 18.2 Å². The molecule has 2 amide bonds. The fourth-order valence-corrected chi connectivity index (χ4v) is 4.08. The predicted molar refractivity (Wildman–Crippen MR) is 97.5 cm³/mol. The van der Waals surface area contributed by atoms with Gasteiger partial charge in [-0.25, -0.2) is 0 Å². The first-order chi connectivity index (χ1) is 12.7. The summed E-state index contributed by atoms with van der Waals surface area (Å²) < 4.78 is 11.1. The van der Waals surface area contributed by atoms with Crippen molar-refractivity contribution in [2.75, 3.05) is 24.7 Å². The van der Waals surface area contributed by atoms with E-state index in [0.29, 0.717) is 31.3 Å². The summed E-state index contributed by atoms with van der Waals surface area (Å²) >= 11 is 0. The Kier molecular flexibility index (Phi) is 5.00. The molecule has 0 aromatic heterocycles. The second-order valence-corrected chi connectivity index (χ2v) is 7.43. The van der Waals surface area contributed by atoms with Crippen molar-refractivity contribution in [2.45, 2.75) is 51.0 Å². The maximum atomic E-state index is 12.6. The van der Waals surface area contributed by atoms with Crippen LogP contribution in [0.3, 0.4) is 0 Å². The monoisotopic (exact) mass is 358 g/mol. The van der Waals surface area contributed by atoms with Crippen LogP contribution in [0.25, 0.3) is 0 Å². The van der Waals surface area contributed by atoms with Gasteiger partial charge in [0.25, 0.3) is 0 Å². The number of hydrogen-bond donors (Lipinski definition) is 1. The Labute approximate surface area is 153 Å². The number of benzene rings is 1. The molecule has 1 aromatic rings. The molecule has 3 aliphatic rings. The summed E-state index contributed by atoms with van der Waals surface area (Å²) in [5.74, 6) is 1.09. The molecule has 1 saturated carbocycles. The molecule has 0 unspecified atom stereocenters. The maximum Gasteiger partial charge on any atom is 0.227 e. The van der Waals surface area contributed by atoms with Gasteiger partial charge in [-0.2, -0.15) is 0 Å². The van der Waals surface area contributed by atoms with Crippen molar-refractivity contribution in [1.29, 1.82) is 0 Å². The number of carbonyl (C=O) groups is 2. The Balaban J connectivity index is 1.41. The van der Waals surface area contributed by atoms with Crippen molar-refractivity contribution in [1.82, 2.24) is 5.32 Å². The van der Waals surface area contributed by atoms with Crippen LogP contribution in [-0.2, 0) is 9.59 Å². The minimum Gasteiger partial charge on any atom is -0.486 e. The predicted octanol–water partition coefficient (Wildman–Crippen LogP) is 2.65. The lowest BCUT2D eigenvalue weighted by Gasteiger charge is -2.22. The van der Waals surface area contributed by atoms with Crippen LogP contribution < -0.4 is 19.7 Å². The van der Waals surface area contributed by atoms with E-state index in [1.54, 1.807) is 4.90 Å². The Morgan fingerprint density at radius 2 is 1.77 bits per heavy atom. The van der Waals surface area contributed by atoms with Crippen molar-refractivity contribution < 1.29 is 19.1 Å². The number of rotatable bonds is 3. The van der Waals surface area contributed by atoms with Crippen molar-refractivity contribution in [3.8, 4) is 11.5 Å². The Bertz CT molecular complexity index is 682. The number of hydrogen-bond acceptors (Lipinski definition) is 4. The van der Waals surface area contributed by atoms with E-state index >= 15 is 0 Å². The second-order valence-electron chi connectivity index (χ2n) is 7.43. The second kappa shape index (κ2) is 7.56. The number of ether oxygens (including phenoxy) is 2. The van der Waals surface area contributed by atoms with Crippen LogP contribution in [0.1, 0.15) is 44.9 Å². The Morgan fingerprint density at radius 1 is 1.04 bits per heavy atom. The van der Waals surface area contributed by atoms with Crippen LogP contribution >= 0.6 is 0 Å². The summed E-state index contributed by atoms with van der Waals surface area (Å²) in [5.41, 5.74) is 0.768. The topological polar surface area (TPSA) is 67.9 Å². The van der Waals surface area contributed by atoms with Gasteiger partial charge in [0.1, 0.15) is 13.2 Å². The van der Waals surface area contributed by atoms with E-state index in [9.17, 15) is 9.59 Å². The number of fused-ring (bicyclic) bond motifs is 1. The summed E-state index contributed by atoms with van der Waals surface area (Å²) in [6.07, 6.45) is 7.25. The summed E-state index contributed by atoms with van der Waals surface area (Å²) in [6, 6.07) is 5.79. The minimum atomic E-state index is -0.279. The first-order valence-electron chi connectivity index (χ1n) is 9.71. The first kappa shape index (κ1) is 17.2. The molecule has 6 heteroatoms. The smallest absolute Gasteiger partial charge is 0.227 e. The number of nitrogens with one attached hydrogen (secondary N) is 1. The van der Waals surface area contributed by atoms with Gasteiger partial charge in [0, 0.05) is 30.8 Å². The van der Waals surface area contributed by atoms with Crippen LogP contribution in [0, 0.1) is 5.92 Å². The van der Waals surface area contributed by atoms with Crippen molar-refractivity contribution in [2.24, 2.45) is 5.92 Å². The molecule has 0 spiro atoms. The Hall–Kier alpha value is -2.24. The third-order valence-corrected chi connectivity index (χ3v) is 5.53. The van der Waals surface area contributed by atoms with E-state index in [4.69, 9.17) is 9.47 Å². The molecule has 2 fully saturated rings. The molecule has 0 bridgehead atoms. The van der Waals surface area contributed by atoms with E-state index in [2.05, 4.69) is 5.32 Å². The zero-order chi connectivity index (χ0) is 17.9. The highest BCUT2D eigenvalue weighted by molar-refractivity contribution is 6.00. The van der Waals surface area contributed by atoms with E-state index in [1.807, 2.05) is 18.2 Å².